The number of nitrogens with zero attached hydrogens (tertiary/aromatic N) is 2. The lowest BCUT2D eigenvalue weighted by Crippen LogP contribution is -2.45. The van der Waals surface area contributed by atoms with Crippen molar-refractivity contribution in [1.29, 1.82) is 0 Å². The zero-order valence-corrected chi connectivity index (χ0v) is 15.7. The Bertz CT molecular complexity index is 613. The first kappa shape index (κ1) is 18.0. The van der Waals surface area contributed by atoms with Crippen molar-refractivity contribution in [2.45, 2.75) is 52.0 Å². The van der Waals surface area contributed by atoms with Crippen molar-refractivity contribution in [1.82, 2.24) is 9.80 Å². The van der Waals surface area contributed by atoms with Crippen LogP contribution in [0, 0.1) is 11.8 Å². The van der Waals surface area contributed by atoms with Crippen LogP contribution in [0.25, 0.3) is 0 Å². The number of hydrogen-bond donors (Lipinski definition) is 0. The molecule has 25 heavy (non-hydrogen) atoms. The van der Waals surface area contributed by atoms with Gasteiger partial charge in [0.15, 0.2) is 0 Å². The Kier molecular flexibility index (Phi) is 5.16. The summed E-state index contributed by atoms with van der Waals surface area (Å²) in [4.78, 5) is 28.9. The number of rotatable bonds is 3. The molecule has 4 heteroatoms. The second-order valence-corrected chi connectivity index (χ2v) is 8.53. The highest BCUT2D eigenvalue weighted by Gasteiger charge is 2.41. The number of hydrogen-bond acceptors (Lipinski definition) is 2. The quantitative estimate of drug-likeness (QED) is 0.847. The molecule has 3 rings (SSSR count). The monoisotopic (exact) mass is 342 g/mol. The molecule has 4 nitrogen and oxygen atoms in total. The molecule has 1 aromatic carbocycles. The van der Waals surface area contributed by atoms with Gasteiger partial charge in [0, 0.05) is 31.6 Å². The Morgan fingerprint density at radius 1 is 1.12 bits per heavy atom. The van der Waals surface area contributed by atoms with E-state index in [9.17, 15) is 9.59 Å². The lowest BCUT2D eigenvalue weighted by molar-refractivity contribution is -0.137. The minimum Gasteiger partial charge on any atom is -0.342 e. The van der Waals surface area contributed by atoms with Crippen LogP contribution in [0.1, 0.15) is 45.6 Å². The van der Waals surface area contributed by atoms with Crippen LogP contribution in [0.2, 0.25) is 0 Å². The highest BCUT2D eigenvalue weighted by Crippen LogP contribution is 2.29. The first-order chi connectivity index (χ1) is 11.8. The summed E-state index contributed by atoms with van der Waals surface area (Å²) >= 11 is 0. The Balaban J connectivity index is 1.51. The molecule has 0 spiro atoms. The SMILES string of the molecule is CC(C)(C)N1C[C@@H](C(=O)N2CCC(Cc3ccccc3)CC2)CC1=O. The summed E-state index contributed by atoms with van der Waals surface area (Å²) < 4.78 is 0. The average molecular weight is 342 g/mol. The van der Waals surface area contributed by atoms with Crippen molar-refractivity contribution in [3.63, 3.8) is 0 Å². The molecule has 0 aliphatic carbocycles. The summed E-state index contributed by atoms with van der Waals surface area (Å²) in [6, 6.07) is 10.6. The van der Waals surface area contributed by atoms with Crippen molar-refractivity contribution in [3.05, 3.63) is 35.9 Å². The third-order valence-corrected chi connectivity index (χ3v) is 5.58. The fourth-order valence-corrected chi connectivity index (χ4v) is 4.08. The van der Waals surface area contributed by atoms with Gasteiger partial charge in [-0.3, -0.25) is 9.59 Å². The molecule has 0 N–H and O–H groups in total. The molecule has 0 saturated carbocycles. The fraction of sp³-hybridized carbons (Fsp3) is 0.619. The van der Waals surface area contributed by atoms with Gasteiger partial charge < -0.3 is 9.80 Å². The zero-order chi connectivity index (χ0) is 18.0. The molecule has 1 atom stereocenters. The van der Waals surface area contributed by atoms with Crippen LogP contribution in [0.4, 0.5) is 0 Å². The van der Waals surface area contributed by atoms with E-state index in [2.05, 4.69) is 30.3 Å². The topological polar surface area (TPSA) is 40.6 Å². The molecular weight excluding hydrogens is 312 g/mol. The summed E-state index contributed by atoms with van der Waals surface area (Å²) in [6.45, 7) is 8.34. The molecule has 1 aromatic rings. The van der Waals surface area contributed by atoms with E-state index >= 15 is 0 Å². The number of likely N-dealkylation sites (tertiary alicyclic amines) is 2. The van der Waals surface area contributed by atoms with Crippen molar-refractivity contribution in [2.75, 3.05) is 19.6 Å². The van der Waals surface area contributed by atoms with Crippen molar-refractivity contribution >= 4 is 11.8 Å². The maximum absolute atomic E-state index is 12.8. The van der Waals surface area contributed by atoms with E-state index in [1.165, 1.54) is 5.56 Å². The highest BCUT2D eigenvalue weighted by atomic mass is 16.2. The van der Waals surface area contributed by atoms with Gasteiger partial charge in [0.25, 0.3) is 0 Å². The van der Waals surface area contributed by atoms with Crippen LogP contribution in [0.5, 0.6) is 0 Å². The molecule has 136 valence electrons. The highest BCUT2D eigenvalue weighted by molar-refractivity contribution is 5.89. The van der Waals surface area contributed by atoms with Crippen molar-refractivity contribution < 1.29 is 9.59 Å². The minimum atomic E-state index is -0.200. The van der Waals surface area contributed by atoms with Gasteiger partial charge >= 0.3 is 0 Å². The van der Waals surface area contributed by atoms with Gasteiger partial charge in [0.2, 0.25) is 11.8 Å². The van der Waals surface area contributed by atoms with E-state index in [1.807, 2.05) is 30.6 Å². The Morgan fingerprint density at radius 3 is 2.32 bits per heavy atom. The van der Waals surface area contributed by atoms with Crippen LogP contribution in [0.3, 0.4) is 0 Å². The van der Waals surface area contributed by atoms with Crippen LogP contribution in [0.15, 0.2) is 30.3 Å². The molecule has 0 bridgehead atoms. The fourth-order valence-electron chi connectivity index (χ4n) is 4.08. The predicted molar refractivity (Wildman–Crippen MR) is 99.0 cm³/mol. The summed E-state index contributed by atoms with van der Waals surface area (Å²) in [5, 5.41) is 0. The lowest BCUT2D eigenvalue weighted by atomic mass is 9.89. The second kappa shape index (κ2) is 7.19. The van der Waals surface area contributed by atoms with E-state index in [0.29, 0.717) is 18.9 Å². The van der Waals surface area contributed by atoms with Crippen LogP contribution in [-0.2, 0) is 16.0 Å². The maximum atomic E-state index is 12.8. The minimum absolute atomic E-state index is 0.116. The van der Waals surface area contributed by atoms with Gasteiger partial charge in [-0.05, 0) is 51.5 Å². The van der Waals surface area contributed by atoms with Crippen molar-refractivity contribution in [2.24, 2.45) is 11.8 Å². The predicted octanol–water partition coefficient (Wildman–Crippen LogP) is 3.11. The van der Waals surface area contributed by atoms with Gasteiger partial charge in [-0.25, -0.2) is 0 Å². The number of carbonyl (C=O) groups is 2. The van der Waals surface area contributed by atoms with E-state index in [4.69, 9.17) is 0 Å². The number of benzene rings is 1. The van der Waals surface area contributed by atoms with Gasteiger partial charge in [0.1, 0.15) is 0 Å². The number of carbonyl (C=O) groups excluding carboxylic acids is 2. The zero-order valence-electron chi connectivity index (χ0n) is 15.7. The summed E-state index contributed by atoms with van der Waals surface area (Å²) in [5.41, 5.74) is 1.18. The van der Waals surface area contributed by atoms with Gasteiger partial charge in [0.05, 0.1) is 5.92 Å². The van der Waals surface area contributed by atoms with E-state index in [-0.39, 0.29) is 23.3 Å². The Hall–Kier alpha value is -1.84. The summed E-state index contributed by atoms with van der Waals surface area (Å²) in [7, 11) is 0. The Labute approximate surface area is 151 Å². The molecule has 0 radical (unpaired) electrons. The normalized spacial score (nSPS) is 22.5. The molecule has 0 aromatic heterocycles. The summed E-state index contributed by atoms with van der Waals surface area (Å²) in [5.74, 6) is 0.795. The van der Waals surface area contributed by atoms with E-state index in [1.54, 1.807) is 0 Å². The first-order valence-corrected chi connectivity index (χ1v) is 9.48. The first-order valence-electron chi connectivity index (χ1n) is 9.48. The smallest absolute Gasteiger partial charge is 0.227 e. The Morgan fingerprint density at radius 2 is 1.76 bits per heavy atom. The lowest BCUT2D eigenvalue weighted by Gasteiger charge is -2.35. The third-order valence-electron chi connectivity index (χ3n) is 5.58. The van der Waals surface area contributed by atoms with E-state index < -0.39 is 0 Å². The van der Waals surface area contributed by atoms with Crippen LogP contribution in [-0.4, -0.2) is 46.8 Å². The number of piperidine rings is 1. The molecule has 0 unspecified atom stereocenters. The molecule has 2 fully saturated rings. The van der Waals surface area contributed by atoms with Crippen molar-refractivity contribution in [3.8, 4) is 0 Å². The third kappa shape index (κ3) is 4.23. The largest absolute Gasteiger partial charge is 0.342 e. The maximum Gasteiger partial charge on any atom is 0.227 e. The number of amides is 2. The molecular formula is C21H30N2O2. The second-order valence-electron chi connectivity index (χ2n) is 8.53. The average Bonchev–Trinajstić information content (AvgIpc) is 2.98. The van der Waals surface area contributed by atoms with Gasteiger partial charge in [-0.1, -0.05) is 30.3 Å². The van der Waals surface area contributed by atoms with Crippen LogP contribution >= 0.6 is 0 Å². The molecule has 2 aliphatic rings. The molecule has 2 saturated heterocycles. The van der Waals surface area contributed by atoms with Crippen LogP contribution < -0.4 is 0 Å². The molecule has 2 heterocycles. The summed E-state index contributed by atoms with van der Waals surface area (Å²) in [6.07, 6.45) is 3.59. The standard InChI is InChI=1S/C21H30N2O2/c1-21(2,3)23-15-18(14-19(23)24)20(25)22-11-9-17(10-12-22)13-16-7-5-4-6-8-16/h4-8,17-18H,9-15H2,1-3H3/t18-/m0/s1. The van der Waals surface area contributed by atoms with E-state index in [0.717, 1.165) is 32.4 Å². The van der Waals surface area contributed by atoms with Gasteiger partial charge in [-0.2, -0.15) is 0 Å². The molecule has 2 amide bonds. The van der Waals surface area contributed by atoms with Gasteiger partial charge in [-0.15, -0.1) is 0 Å². The molecule has 2 aliphatic heterocycles.